The lowest BCUT2D eigenvalue weighted by Gasteiger charge is -2.12. The normalized spacial score (nSPS) is 14.0. The first-order valence-electron chi connectivity index (χ1n) is 10.3. The molecule has 32 heavy (non-hydrogen) atoms. The smallest absolute Gasteiger partial charge is 0.333 e. The zero-order valence-corrected chi connectivity index (χ0v) is 18.4. The molecule has 1 aromatic rings. The molecule has 1 fully saturated rings. The van der Waals surface area contributed by atoms with Crippen molar-refractivity contribution in [2.24, 2.45) is 0 Å². The summed E-state index contributed by atoms with van der Waals surface area (Å²) >= 11 is 0. The van der Waals surface area contributed by atoms with Gasteiger partial charge in [-0.25, -0.2) is 9.36 Å². The summed E-state index contributed by atoms with van der Waals surface area (Å²) in [6, 6.07) is 7.85. The molecule has 1 aliphatic heterocycles. The molecule has 176 valence electrons. The number of aryl methyl sites for hydroxylation is 2. The lowest BCUT2D eigenvalue weighted by atomic mass is 10.0. The van der Waals surface area contributed by atoms with Crippen molar-refractivity contribution < 1.29 is 42.9 Å². The number of rotatable bonds is 13. The summed E-state index contributed by atoms with van der Waals surface area (Å²) in [5.41, 5.74) is 2.13. The van der Waals surface area contributed by atoms with Crippen LogP contribution < -0.4 is 5.32 Å². The minimum atomic E-state index is -4.60. The van der Waals surface area contributed by atoms with Gasteiger partial charge in [-0.1, -0.05) is 24.3 Å². The summed E-state index contributed by atoms with van der Waals surface area (Å²) in [6.45, 7) is -0.545. The van der Waals surface area contributed by atoms with Crippen LogP contribution in [0.3, 0.4) is 0 Å². The number of hydrogen-bond donors (Lipinski definition) is 3. The van der Waals surface area contributed by atoms with Crippen molar-refractivity contribution in [3.05, 3.63) is 35.4 Å². The third kappa shape index (κ3) is 9.69. The Bertz CT molecular complexity index is 868. The number of amides is 3. The topological polar surface area (TPSA) is 160 Å². The lowest BCUT2D eigenvalue weighted by molar-refractivity contribution is -0.197. The van der Waals surface area contributed by atoms with Gasteiger partial charge in [0.1, 0.15) is 6.73 Å². The Morgan fingerprint density at radius 1 is 1.00 bits per heavy atom. The van der Waals surface area contributed by atoms with E-state index in [1.54, 1.807) is 0 Å². The van der Waals surface area contributed by atoms with E-state index < -0.39 is 32.3 Å². The molecule has 11 nitrogen and oxygen atoms in total. The Hall–Kier alpha value is -2.59. The molecule has 0 atom stereocenters. The summed E-state index contributed by atoms with van der Waals surface area (Å²) in [7, 11) is -4.60. The van der Waals surface area contributed by atoms with Crippen LogP contribution in [0, 0.1) is 0 Å². The number of nitrogens with zero attached hydrogens (tertiary/aromatic N) is 1. The molecule has 1 aromatic carbocycles. The Kier molecular flexibility index (Phi) is 9.98. The highest BCUT2D eigenvalue weighted by Gasteiger charge is 2.32. The minimum absolute atomic E-state index is 0.0676. The van der Waals surface area contributed by atoms with Crippen LogP contribution in [0.1, 0.15) is 56.1 Å². The Balaban J connectivity index is 1.62. The van der Waals surface area contributed by atoms with E-state index in [2.05, 4.69) is 9.84 Å². The number of phosphoric acid groups is 1. The summed E-state index contributed by atoms with van der Waals surface area (Å²) in [5.74, 6) is -1.95. The van der Waals surface area contributed by atoms with Crippen LogP contribution in [0.15, 0.2) is 24.3 Å². The maximum absolute atomic E-state index is 11.8. The number of phosphoric ester groups is 1. The molecule has 0 unspecified atom stereocenters. The summed E-state index contributed by atoms with van der Waals surface area (Å²) in [4.78, 5) is 68.2. The summed E-state index contributed by atoms with van der Waals surface area (Å²) in [5, 5.41) is 2.83. The van der Waals surface area contributed by atoms with Crippen molar-refractivity contribution in [2.75, 3.05) is 6.73 Å². The molecule has 1 heterocycles. The highest BCUT2D eigenvalue weighted by molar-refractivity contribution is 7.46. The van der Waals surface area contributed by atoms with Gasteiger partial charge in [-0.15, -0.1) is 5.06 Å². The van der Waals surface area contributed by atoms with E-state index in [9.17, 15) is 23.7 Å². The molecule has 1 aliphatic rings. The minimum Gasteiger partial charge on any atom is -0.333 e. The number of carbonyl (C=O) groups excluding carboxylic acids is 4. The molecule has 12 heteroatoms. The van der Waals surface area contributed by atoms with Crippen molar-refractivity contribution in [2.45, 2.75) is 57.8 Å². The fourth-order valence-corrected chi connectivity index (χ4v) is 3.32. The zero-order chi connectivity index (χ0) is 23.6. The second kappa shape index (κ2) is 12.4. The van der Waals surface area contributed by atoms with Gasteiger partial charge in [-0.3, -0.25) is 18.9 Å². The van der Waals surface area contributed by atoms with Crippen molar-refractivity contribution in [3.8, 4) is 0 Å². The van der Waals surface area contributed by atoms with Gasteiger partial charge in [0.2, 0.25) is 5.91 Å². The highest BCUT2D eigenvalue weighted by atomic mass is 31.2. The third-order valence-electron chi connectivity index (χ3n) is 4.66. The van der Waals surface area contributed by atoms with Crippen LogP contribution in [0.25, 0.3) is 0 Å². The first-order valence-corrected chi connectivity index (χ1v) is 11.8. The molecule has 2 rings (SSSR count). The first kappa shape index (κ1) is 25.7. The second-order valence-corrected chi connectivity index (χ2v) is 8.53. The summed E-state index contributed by atoms with van der Waals surface area (Å²) in [6.07, 6.45) is 3.67. The van der Waals surface area contributed by atoms with Gasteiger partial charge < -0.3 is 19.9 Å². The SMILES string of the molecule is O=C(CCCc1cccc(CCCCC(=O)ON2C(=O)CCC2=O)c1)NCOP(=O)(O)O. The number of carbonyl (C=O) groups is 4. The van der Waals surface area contributed by atoms with Crippen LogP contribution in [0.5, 0.6) is 0 Å². The molecule has 3 N–H and O–H groups in total. The summed E-state index contributed by atoms with van der Waals surface area (Å²) < 4.78 is 14.7. The van der Waals surface area contributed by atoms with Gasteiger partial charge >= 0.3 is 13.8 Å². The molecule has 0 aromatic heterocycles. The van der Waals surface area contributed by atoms with Crippen molar-refractivity contribution in [3.63, 3.8) is 0 Å². The molecular weight excluding hydrogens is 443 g/mol. The number of imide groups is 1. The number of hydroxylamine groups is 2. The predicted octanol–water partition coefficient (Wildman–Crippen LogP) is 1.51. The van der Waals surface area contributed by atoms with Gasteiger partial charge in [0.05, 0.1) is 0 Å². The van der Waals surface area contributed by atoms with Gasteiger partial charge in [-0.05, 0) is 43.2 Å². The van der Waals surface area contributed by atoms with E-state index in [-0.39, 0.29) is 31.6 Å². The average Bonchev–Trinajstić information content (AvgIpc) is 3.02. The van der Waals surface area contributed by atoms with Crippen LogP contribution in [0.4, 0.5) is 0 Å². The number of benzene rings is 1. The van der Waals surface area contributed by atoms with Crippen molar-refractivity contribution in [1.29, 1.82) is 0 Å². The highest BCUT2D eigenvalue weighted by Crippen LogP contribution is 2.34. The number of nitrogens with one attached hydrogen (secondary N) is 1. The Labute approximate surface area is 185 Å². The van der Waals surface area contributed by atoms with E-state index in [0.29, 0.717) is 24.3 Å². The van der Waals surface area contributed by atoms with Crippen LogP contribution in [-0.4, -0.2) is 45.3 Å². The van der Waals surface area contributed by atoms with E-state index in [1.807, 2.05) is 24.3 Å². The number of unbranched alkanes of at least 4 members (excludes halogenated alkanes) is 1. The first-order chi connectivity index (χ1) is 15.1. The van der Waals surface area contributed by atoms with Gasteiger partial charge in [0.25, 0.3) is 11.8 Å². The predicted molar refractivity (Wildman–Crippen MR) is 110 cm³/mol. The molecule has 0 radical (unpaired) electrons. The number of hydrogen-bond acceptors (Lipinski definition) is 7. The lowest BCUT2D eigenvalue weighted by Crippen LogP contribution is -2.31. The monoisotopic (exact) mass is 470 g/mol. The van der Waals surface area contributed by atoms with Crippen molar-refractivity contribution >= 4 is 31.5 Å². The maximum Gasteiger partial charge on any atom is 0.471 e. The fraction of sp³-hybridized carbons (Fsp3) is 0.500. The quantitative estimate of drug-likeness (QED) is 0.168. The molecular formula is C20H27N2O9P. The molecule has 0 saturated carbocycles. The second-order valence-electron chi connectivity index (χ2n) is 7.29. The molecule has 0 spiro atoms. The van der Waals surface area contributed by atoms with Gasteiger partial charge in [0, 0.05) is 25.7 Å². The Morgan fingerprint density at radius 2 is 1.62 bits per heavy atom. The average molecular weight is 470 g/mol. The maximum atomic E-state index is 11.8. The van der Waals surface area contributed by atoms with Gasteiger partial charge in [-0.2, -0.15) is 0 Å². The molecule has 0 bridgehead atoms. The fourth-order valence-electron chi connectivity index (χ4n) is 3.08. The van der Waals surface area contributed by atoms with Crippen LogP contribution in [0.2, 0.25) is 0 Å². The molecule has 1 saturated heterocycles. The van der Waals surface area contributed by atoms with E-state index in [0.717, 1.165) is 24.0 Å². The Morgan fingerprint density at radius 3 is 2.25 bits per heavy atom. The van der Waals surface area contributed by atoms with E-state index in [4.69, 9.17) is 14.6 Å². The van der Waals surface area contributed by atoms with E-state index >= 15 is 0 Å². The van der Waals surface area contributed by atoms with Gasteiger partial charge in [0.15, 0.2) is 0 Å². The molecule has 3 amide bonds. The molecule has 0 aliphatic carbocycles. The standard InChI is InChI=1S/C20H27N2O9P/c23-17(21-14-30-32(27,28)29)9-4-8-16-7-3-6-15(13-16)5-1-2-10-20(26)31-22-18(24)11-12-19(22)25/h3,6-7,13H,1-2,4-5,8-12,14H2,(H,21,23)(H2,27,28,29). The third-order valence-corrected chi connectivity index (χ3v) is 5.12. The van der Waals surface area contributed by atoms with Crippen molar-refractivity contribution in [1.82, 2.24) is 10.4 Å². The zero-order valence-electron chi connectivity index (χ0n) is 17.5. The van der Waals surface area contributed by atoms with Crippen LogP contribution >= 0.6 is 7.82 Å². The largest absolute Gasteiger partial charge is 0.471 e. The van der Waals surface area contributed by atoms with E-state index in [1.165, 1.54) is 0 Å². The van der Waals surface area contributed by atoms with Crippen LogP contribution in [-0.2, 0) is 45.9 Å².